The number of hydrogen-bond acceptors (Lipinski definition) is 4. The number of nitriles is 1. The first-order valence-corrected chi connectivity index (χ1v) is 6.28. The summed E-state index contributed by atoms with van der Waals surface area (Å²) in [6, 6.07) is 7.85. The smallest absolute Gasteiger partial charge is 0.165 e. The highest BCUT2D eigenvalue weighted by Crippen LogP contribution is 2.31. The first-order chi connectivity index (χ1) is 8.83. The fourth-order valence-corrected chi connectivity index (χ4v) is 1.64. The fraction of sp³-hybridized carbons (Fsp3) is 0.500. The van der Waals surface area contributed by atoms with Gasteiger partial charge in [-0.2, -0.15) is 5.26 Å². The molecule has 18 heavy (non-hydrogen) atoms. The zero-order valence-electron chi connectivity index (χ0n) is 10.8. The van der Waals surface area contributed by atoms with Crippen molar-refractivity contribution in [1.82, 2.24) is 0 Å². The van der Waals surface area contributed by atoms with E-state index < -0.39 is 0 Å². The van der Waals surface area contributed by atoms with E-state index in [0.717, 1.165) is 29.9 Å². The predicted octanol–water partition coefficient (Wildman–Crippen LogP) is 2.62. The van der Waals surface area contributed by atoms with Gasteiger partial charge in [0, 0.05) is 18.5 Å². The maximum Gasteiger partial charge on any atom is 0.165 e. The van der Waals surface area contributed by atoms with Crippen molar-refractivity contribution in [2.24, 2.45) is 5.73 Å². The average Bonchev–Trinajstić information content (AvgIpc) is 2.40. The summed E-state index contributed by atoms with van der Waals surface area (Å²) < 4.78 is 11.3. The largest absolute Gasteiger partial charge is 0.490 e. The van der Waals surface area contributed by atoms with Crippen LogP contribution in [0.3, 0.4) is 0 Å². The Balaban J connectivity index is 2.63. The topological polar surface area (TPSA) is 68.3 Å². The highest BCUT2D eigenvalue weighted by molar-refractivity contribution is 5.46. The molecular weight excluding hydrogens is 228 g/mol. The van der Waals surface area contributed by atoms with Gasteiger partial charge in [0.15, 0.2) is 11.5 Å². The van der Waals surface area contributed by atoms with Gasteiger partial charge < -0.3 is 15.2 Å². The molecule has 0 atom stereocenters. The normalized spacial score (nSPS) is 9.83. The van der Waals surface area contributed by atoms with Crippen LogP contribution in [0, 0.1) is 11.3 Å². The molecule has 0 unspecified atom stereocenters. The van der Waals surface area contributed by atoms with Crippen LogP contribution in [-0.2, 0) is 6.54 Å². The van der Waals surface area contributed by atoms with E-state index in [-0.39, 0.29) is 0 Å². The van der Waals surface area contributed by atoms with Crippen LogP contribution in [0.1, 0.15) is 31.7 Å². The molecule has 0 aliphatic rings. The van der Waals surface area contributed by atoms with Gasteiger partial charge in [0.05, 0.1) is 19.3 Å². The summed E-state index contributed by atoms with van der Waals surface area (Å²) in [7, 11) is 0. The van der Waals surface area contributed by atoms with Crippen LogP contribution in [0.2, 0.25) is 0 Å². The van der Waals surface area contributed by atoms with Crippen molar-refractivity contribution >= 4 is 0 Å². The summed E-state index contributed by atoms with van der Waals surface area (Å²) in [5.41, 5.74) is 6.63. The summed E-state index contributed by atoms with van der Waals surface area (Å²) in [6.07, 6.45) is 2.28. The van der Waals surface area contributed by atoms with Crippen LogP contribution in [0.15, 0.2) is 18.2 Å². The molecule has 0 saturated heterocycles. The molecule has 0 aliphatic carbocycles. The lowest BCUT2D eigenvalue weighted by Crippen LogP contribution is -2.06. The molecule has 0 spiro atoms. The summed E-state index contributed by atoms with van der Waals surface area (Å²) in [6.45, 7) is 3.54. The third kappa shape index (κ3) is 4.27. The standard InChI is InChI=1S/C14H20N2O2/c1-2-17-13-8-6-7-12(11-16)14(13)18-10-5-3-4-9-15/h6-8H,2-5,10-11,16H2,1H3. The number of unbranched alkanes of at least 4 members (excludes halogenated alkanes) is 2. The van der Waals surface area contributed by atoms with Crippen LogP contribution in [0.5, 0.6) is 11.5 Å². The summed E-state index contributed by atoms with van der Waals surface area (Å²) >= 11 is 0. The number of rotatable bonds is 8. The van der Waals surface area contributed by atoms with Crippen molar-refractivity contribution < 1.29 is 9.47 Å². The number of ether oxygens (including phenoxy) is 2. The minimum Gasteiger partial charge on any atom is -0.490 e. The average molecular weight is 248 g/mol. The van der Waals surface area contributed by atoms with Gasteiger partial charge in [-0.15, -0.1) is 0 Å². The number of para-hydroxylation sites is 1. The van der Waals surface area contributed by atoms with E-state index in [1.165, 1.54) is 0 Å². The highest BCUT2D eigenvalue weighted by atomic mass is 16.5. The SMILES string of the molecule is CCOc1cccc(CN)c1OCCCCC#N. The Morgan fingerprint density at radius 1 is 1.28 bits per heavy atom. The van der Waals surface area contributed by atoms with Gasteiger partial charge >= 0.3 is 0 Å². The number of hydrogen-bond donors (Lipinski definition) is 1. The van der Waals surface area contributed by atoms with E-state index >= 15 is 0 Å². The second-order valence-corrected chi connectivity index (χ2v) is 3.85. The Kier molecular flexibility index (Phi) is 6.67. The van der Waals surface area contributed by atoms with E-state index in [0.29, 0.717) is 26.2 Å². The second kappa shape index (κ2) is 8.37. The zero-order valence-corrected chi connectivity index (χ0v) is 10.8. The van der Waals surface area contributed by atoms with Gasteiger partial charge in [0.25, 0.3) is 0 Å². The van der Waals surface area contributed by atoms with Gasteiger partial charge in [-0.1, -0.05) is 12.1 Å². The monoisotopic (exact) mass is 248 g/mol. The van der Waals surface area contributed by atoms with Gasteiger partial charge in [-0.25, -0.2) is 0 Å². The van der Waals surface area contributed by atoms with E-state index in [1.807, 2.05) is 25.1 Å². The lowest BCUT2D eigenvalue weighted by atomic mass is 10.2. The lowest BCUT2D eigenvalue weighted by Gasteiger charge is -2.14. The Bertz CT molecular complexity index is 399. The third-order valence-electron chi connectivity index (χ3n) is 2.51. The Hall–Kier alpha value is -1.73. The third-order valence-corrected chi connectivity index (χ3v) is 2.51. The van der Waals surface area contributed by atoms with E-state index in [4.69, 9.17) is 20.5 Å². The Morgan fingerprint density at radius 3 is 2.78 bits per heavy atom. The van der Waals surface area contributed by atoms with Crippen LogP contribution >= 0.6 is 0 Å². The summed E-state index contributed by atoms with van der Waals surface area (Å²) in [5, 5.41) is 8.45. The van der Waals surface area contributed by atoms with Crippen LogP contribution in [-0.4, -0.2) is 13.2 Å². The molecule has 0 aliphatic heterocycles. The van der Waals surface area contributed by atoms with Crippen molar-refractivity contribution in [2.45, 2.75) is 32.7 Å². The lowest BCUT2D eigenvalue weighted by molar-refractivity contribution is 0.269. The Labute approximate surface area is 108 Å². The second-order valence-electron chi connectivity index (χ2n) is 3.85. The molecule has 2 N–H and O–H groups in total. The number of nitrogens with zero attached hydrogens (tertiary/aromatic N) is 1. The zero-order chi connectivity index (χ0) is 13.2. The Morgan fingerprint density at radius 2 is 2.11 bits per heavy atom. The maximum absolute atomic E-state index is 8.45. The van der Waals surface area contributed by atoms with Crippen molar-refractivity contribution in [3.8, 4) is 17.6 Å². The molecule has 1 rings (SSSR count). The molecule has 4 nitrogen and oxygen atoms in total. The molecule has 4 heteroatoms. The van der Waals surface area contributed by atoms with Crippen LogP contribution in [0.25, 0.3) is 0 Å². The van der Waals surface area contributed by atoms with E-state index in [2.05, 4.69) is 6.07 Å². The first kappa shape index (κ1) is 14.3. The van der Waals surface area contributed by atoms with Gasteiger partial charge in [-0.3, -0.25) is 0 Å². The molecule has 0 fully saturated rings. The molecule has 98 valence electrons. The first-order valence-electron chi connectivity index (χ1n) is 6.28. The minimum atomic E-state index is 0.425. The van der Waals surface area contributed by atoms with Crippen molar-refractivity contribution in [2.75, 3.05) is 13.2 Å². The highest BCUT2D eigenvalue weighted by Gasteiger charge is 2.09. The van der Waals surface area contributed by atoms with E-state index in [9.17, 15) is 0 Å². The molecule has 1 aromatic rings. The van der Waals surface area contributed by atoms with Crippen LogP contribution in [0.4, 0.5) is 0 Å². The number of nitrogens with two attached hydrogens (primary N) is 1. The minimum absolute atomic E-state index is 0.425. The molecule has 0 aromatic heterocycles. The fourth-order valence-electron chi connectivity index (χ4n) is 1.64. The quantitative estimate of drug-likeness (QED) is 0.718. The molecular formula is C14H20N2O2. The summed E-state index contributed by atoms with van der Waals surface area (Å²) in [5.74, 6) is 1.47. The molecule has 0 heterocycles. The van der Waals surface area contributed by atoms with Crippen molar-refractivity contribution in [3.05, 3.63) is 23.8 Å². The summed E-state index contributed by atoms with van der Waals surface area (Å²) in [4.78, 5) is 0. The molecule has 0 saturated carbocycles. The van der Waals surface area contributed by atoms with Crippen molar-refractivity contribution in [3.63, 3.8) is 0 Å². The van der Waals surface area contributed by atoms with Crippen LogP contribution < -0.4 is 15.2 Å². The van der Waals surface area contributed by atoms with Gasteiger partial charge in [0.2, 0.25) is 0 Å². The van der Waals surface area contributed by atoms with Gasteiger partial charge in [-0.05, 0) is 25.8 Å². The van der Waals surface area contributed by atoms with Crippen molar-refractivity contribution in [1.29, 1.82) is 5.26 Å². The maximum atomic E-state index is 8.45. The number of benzene rings is 1. The van der Waals surface area contributed by atoms with Gasteiger partial charge in [0.1, 0.15) is 0 Å². The predicted molar refractivity (Wildman–Crippen MR) is 70.5 cm³/mol. The molecule has 0 amide bonds. The molecule has 1 aromatic carbocycles. The molecule has 0 radical (unpaired) electrons. The molecule has 0 bridgehead atoms. The van der Waals surface area contributed by atoms with E-state index in [1.54, 1.807) is 0 Å².